The van der Waals surface area contributed by atoms with Crippen LogP contribution in [-0.2, 0) is 9.53 Å². The van der Waals surface area contributed by atoms with Crippen LogP contribution in [0.4, 0.5) is 5.69 Å². The van der Waals surface area contributed by atoms with Crippen molar-refractivity contribution in [3.63, 3.8) is 0 Å². The van der Waals surface area contributed by atoms with Gasteiger partial charge in [0.1, 0.15) is 6.04 Å². The van der Waals surface area contributed by atoms with Crippen LogP contribution < -0.4 is 11.1 Å². The molecule has 0 aliphatic heterocycles. The van der Waals surface area contributed by atoms with E-state index in [1.165, 1.54) is 7.11 Å². The summed E-state index contributed by atoms with van der Waals surface area (Å²) in [6.45, 7) is 3.85. The number of nitrogens with two attached hydrogens (primary N) is 1. The van der Waals surface area contributed by atoms with Crippen molar-refractivity contribution < 1.29 is 14.3 Å². The van der Waals surface area contributed by atoms with Gasteiger partial charge in [-0.05, 0) is 30.2 Å². The largest absolute Gasteiger partial charge is 0.467 e. The van der Waals surface area contributed by atoms with Crippen molar-refractivity contribution in [1.29, 1.82) is 0 Å². The minimum atomic E-state index is -0.639. The lowest BCUT2D eigenvalue weighted by Crippen LogP contribution is -2.45. The van der Waals surface area contributed by atoms with E-state index in [-0.39, 0.29) is 11.8 Å². The zero-order valence-corrected chi connectivity index (χ0v) is 11.5. The number of carbonyl (C=O) groups is 2. The number of benzene rings is 1. The molecule has 0 saturated carbocycles. The summed E-state index contributed by atoms with van der Waals surface area (Å²) in [6, 6.07) is 5.89. The Bertz CT molecular complexity index is 443. The van der Waals surface area contributed by atoms with E-state index < -0.39 is 12.0 Å². The van der Waals surface area contributed by atoms with E-state index in [1.807, 2.05) is 13.8 Å². The number of ether oxygens (including phenoxy) is 1. The number of anilines is 1. The van der Waals surface area contributed by atoms with Gasteiger partial charge >= 0.3 is 5.97 Å². The Hall–Kier alpha value is -2.04. The molecule has 1 aromatic carbocycles. The second kappa shape index (κ2) is 6.78. The highest BCUT2D eigenvalue weighted by Crippen LogP contribution is 2.11. The first-order chi connectivity index (χ1) is 8.99. The van der Waals surface area contributed by atoms with E-state index in [2.05, 4.69) is 5.32 Å². The van der Waals surface area contributed by atoms with Crippen molar-refractivity contribution >= 4 is 17.6 Å². The molecule has 19 heavy (non-hydrogen) atoms. The van der Waals surface area contributed by atoms with Crippen LogP contribution in [0.5, 0.6) is 0 Å². The van der Waals surface area contributed by atoms with Crippen LogP contribution in [0.1, 0.15) is 30.6 Å². The lowest BCUT2D eigenvalue weighted by Gasteiger charge is -2.21. The standard InChI is InChI=1S/C14H20N2O3/c1-4-9(2)12(14(18)19-3)16-13(17)10-5-7-11(15)8-6-10/h5-9,12H,4,15H2,1-3H3,(H,16,17)/t9?,12-/m1/s1. The summed E-state index contributed by atoms with van der Waals surface area (Å²) in [5.74, 6) is -0.737. The Morgan fingerprint density at radius 3 is 2.37 bits per heavy atom. The molecule has 1 aromatic rings. The van der Waals surface area contributed by atoms with E-state index >= 15 is 0 Å². The lowest BCUT2D eigenvalue weighted by atomic mass is 9.99. The van der Waals surface area contributed by atoms with Gasteiger partial charge < -0.3 is 15.8 Å². The molecule has 1 amide bonds. The molecule has 3 N–H and O–H groups in total. The minimum absolute atomic E-state index is 0.00480. The molecule has 0 spiro atoms. The number of hydrogen-bond acceptors (Lipinski definition) is 4. The molecule has 2 atom stereocenters. The average Bonchev–Trinajstić information content (AvgIpc) is 2.43. The maximum atomic E-state index is 12.0. The Morgan fingerprint density at radius 1 is 1.32 bits per heavy atom. The van der Waals surface area contributed by atoms with Crippen molar-refractivity contribution in [1.82, 2.24) is 5.32 Å². The first-order valence-electron chi connectivity index (χ1n) is 6.23. The molecule has 0 fully saturated rings. The summed E-state index contributed by atoms with van der Waals surface area (Å²) in [6.07, 6.45) is 0.766. The van der Waals surface area contributed by atoms with Gasteiger partial charge in [0.05, 0.1) is 7.11 Å². The topological polar surface area (TPSA) is 81.4 Å². The van der Waals surface area contributed by atoms with Crippen molar-refractivity contribution in [3.8, 4) is 0 Å². The molecule has 0 bridgehead atoms. The van der Waals surface area contributed by atoms with Gasteiger partial charge in [-0.15, -0.1) is 0 Å². The molecule has 5 heteroatoms. The van der Waals surface area contributed by atoms with Gasteiger partial charge in [0, 0.05) is 11.3 Å². The number of carbonyl (C=O) groups excluding carboxylic acids is 2. The van der Waals surface area contributed by atoms with Crippen LogP contribution in [0, 0.1) is 5.92 Å². The molecule has 0 aliphatic rings. The summed E-state index contributed by atoms with van der Waals surface area (Å²) in [5, 5.41) is 2.70. The second-order valence-corrected chi connectivity index (χ2v) is 4.48. The number of methoxy groups -OCH3 is 1. The molecule has 104 valence electrons. The number of esters is 1. The maximum Gasteiger partial charge on any atom is 0.328 e. The summed E-state index contributed by atoms with van der Waals surface area (Å²) >= 11 is 0. The van der Waals surface area contributed by atoms with Gasteiger partial charge in [0.15, 0.2) is 0 Å². The van der Waals surface area contributed by atoms with Crippen LogP contribution in [0.15, 0.2) is 24.3 Å². The Morgan fingerprint density at radius 2 is 1.89 bits per heavy atom. The highest BCUT2D eigenvalue weighted by atomic mass is 16.5. The number of rotatable bonds is 5. The molecule has 0 saturated heterocycles. The van der Waals surface area contributed by atoms with Crippen LogP contribution in [0.2, 0.25) is 0 Å². The third-order valence-corrected chi connectivity index (χ3v) is 3.13. The number of nitrogens with one attached hydrogen (secondary N) is 1. The highest BCUT2D eigenvalue weighted by molar-refractivity contribution is 5.97. The highest BCUT2D eigenvalue weighted by Gasteiger charge is 2.26. The van der Waals surface area contributed by atoms with Crippen LogP contribution in [-0.4, -0.2) is 25.0 Å². The zero-order chi connectivity index (χ0) is 14.4. The number of hydrogen-bond donors (Lipinski definition) is 2. The van der Waals surface area contributed by atoms with E-state index in [0.717, 1.165) is 6.42 Å². The monoisotopic (exact) mass is 264 g/mol. The van der Waals surface area contributed by atoms with Crippen molar-refractivity contribution in [2.45, 2.75) is 26.3 Å². The van der Waals surface area contributed by atoms with E-state index in [1.54, 1.807) is 24.3 Å². The van der Waals surface area contributed by atoms with Crippen LogP contribution in [0.25, 0.3) is 0 Å². The first-order valence-corrected chi connectivity index (χ1v) is 6.23. The molecule has 0 heterocycles. The molecule has 1 unspecified atom stereocenters. The fraction of sp³-hybridized carbons (Fsp3) is 0.429. The smallest absolute Gasteiger partial charge is 0.328 e. The third kappa shape index (κ3) is 3.98. The Labute approximate surface area is 113 Å². The molecule has 0 radical (unpaired) electrons. The normalized spacial score (nSPS) is 13.4. The average molecular weight is 264 g/mol. The summed E-state index contributed by atoms with van der Waals surface area (Å²) < 4.78 is 4.72. The molecular formula is C14H20N2O3. The van der Waals surface area contributed by atoms with Crippen molar-refractivity contribution in [2.75, 3.05) is 12.8 Å². The lowest BCUT2D eigenvalue weighted by molar-refractivity contribution is -0.144. The fourth-order valence-corrected chi connectivity index (χ4v) is 1.66. The molecule has 1 rings (SSSR count). The van der Waals surface area contributed by atoms with E-state index in [9.17, 15) is 9.59 Å². The molecular weight excluding hydrogens is 244 g/mol. The van der Waals surface area contributed by atoms with Gasteiger partial charge in [-0.2, -0.15) is 0 Å². The molecule has 0 aliphatic carbocycles. The van der Waals surface area contributed by atoms with Gasteiger partial charge in [0.25, 0.3) is 5.91 Å². The molecule has 0 aromatic heterocycles. The predicted molar refractivity (Wildman–Crippen MR) is 73.6 cm³/mol. The maximum absolute atomic E-state index is 12.0. The summed E-state index contributed by atoms with van der Waals surface area (Å²) in [5.41, 5.74) is 6.61. The Kier molecular flexibility index (Phi) is 5.36. The first kappa shape index (κ1) is 15.0. The minimum Gasteiger partial charge on any atom is -0.467 e. The van der Waals surface area contributed by atoms with E-state index in [4.69, 9.17) is 10.5 Å². The van der Waals surface area contributed by atoms with Gasteiger partial charge in [-0.25, -0.2) is 4.79 Å². The van der Waals surface area contributed by atoms with E-state index in [0.29, 0.717) is 11.3 Å². The second-order valence-electron chi connectivity index (χ2n) is 4.48. The predicted octanol–water partition coefficient (Wildman–Crippen LogP) is 1.59. The van der Waals surface area contributed by atoms with Gasteiger partial charge in [-0.3, -0.25) is 4.79 Å². The van der Waals surface area contributed by atoms with Gasteiger partial charge in [0.2, 0.25) is 0 Å². The van der Waals surface area contributed by atoms with Crippen molar-refractivity contribution in [2.24, 2.45) is 5.92 Å². The third-order valence-electron chi connectivity index (χ3n) is 3.13. The summed E-state index contributed by atoms with van der Waals surface area (Å²) in [4.78, 5) is 23.7. The summed E-state index contributed by atoms with van der Waals surface area (Å²) in [7, 11) is 1.31. The number of nitrogen functional groups attached to an aromatic ring is 1. The SMILES string of the molecule is CCC(C)[C@@H](NC(=O)c1ccc(N)cc1)C(=O)OC. The quantitative estimate of drug-likeness (QED) is 0.625. The fourth-order valence-electron chi connectivity index (χ4n) is 1.66. The van der Waals surface area contributed by atoms with Crippen LogP contribution >= 0.6 is 0 Å². The van der Waals surface area contributed by atoms with Crippen molar-refractivity contribution in [3.05, 3.63) is 29.8 Å². The zero-order valence-electron chi connectivity index (χ0n) is 11.5. The molecule has 5 nitrogen and oxygen atoms in total. The number of amides is 1. The van der Waals surface area contributed by atoms with Gasteiger partial charge in [-0.1, -0.05) is 20.3 Å². The Balaban J connectivity index is 2.81. The van der Waals surface area contributed by atoms with Crippen LogP contribution in [0.3, 0.4) is 0 Å².